The molecule has 3 heteroatoms. The smallest absolute Gasteiger partial charge is 0.141 e. The fourth-order valence-electron chi connectivity index (χ4n) is 2.87. The van der Waals surface area contributed by atoms with Crippen LogP contribution in [0.25, 0.3) is 0 Å². The van der Waals surface area contributed by atoms with Crippen molar-refractivity contribution in [2.24, 2.45) is 5.41 Å². The molecule has 1 aliphatic rings. The lowest BCUT2D eigenvalue weighted by atomic mass is 9.76. The molecule has 20 heavy (non-hydrogen) atoms. The van der Waals surface area contributed by atoms with Crippen LogP contribution in [0, 0.1) is 5.41 Å². The standard InChI is InChI=1S/C17H23NO2/c1-14(19)8-10-17(2)13-18(11-9-16(17)20)12-15-6-4-3-5-7-15/h3-7H,8-13H2,1-2H3. The number of piperidine rings is 1. The highest BCUT2D eigenvalue weighted by Gasteiger charge is 2.38. The molecule has 3 nitrogen and oxygen atoms in total. The van der Waals surface area contributed by atoms with Gasteiger partial charge in [0.15, 0.2) is 0 Å². The topological polar surface area (TPSA) is 37.4 Å². The van der Waals surface area contributed by atoms with Crippen molar-refractivity contribution in [2.75, 3.05) is 13.1 Å². The predicted octanol–water partition coefficient (Wildman–Crippen LogP) is 2.84. The Balaban J connectivity index is 2.00. The zero-order valence-corrected chi connectivity index (χ0v) is 12.4. The second kappa shape index (κ2) is 6.31. The van der Waals surface area contributed by atoms with Crippen molar-refractivity contribution in [3.63, 3.8) is 0 Å². The zero-order valence-electron chi connectivity index (χ0n) is 12.4. The van der Waals surface area contributed by atoms with Gasteiger partial charge in [-0.25, -0.2) is 0 Å². The molecular formula is C17H23NO2. The van der Waals surface area contributed by atoms with Crippen molar-refractivity contribution in [3.05, 3.63) is 35.9 Å². The maximum atomic E-state index is 12.2. The van der Waals surface area contributed by atoms with Crippen molar-refractivity contribution in [1.29, 1.82) is 0 Å². The first kappa shape index (κ1) is 14.9. The van der Waals surface area contributed by atoms with Crippen LogP contribution in [0.4, 0.5) is 0 Å². The van der Waals surface area contributed by atoms with E-state index in [1.807, 2.05) is 25.1 Å². The van der Waals surface area contributed by atoms with Crippen LogP contribution in [0.3, 0.4) is 0 Å². The van der Waals surface area contributed by atoms with E-state index >= 15 is 0 Å². The molecule has 1 fully saturated rings. The molecule has 1 aromatic rings. The van der Waals surface area contributed by atoms with Crippen molar-refractivity contribution in [1.82, 2.24) is 4.90 Å². The van der Waals surface area contributed by atoms with Crippen molar-refractivity contribution in [3.8, 4) is 0 Å². The molecule has 1 unspecified atom stereocenters. The maximum absolute atomic E-state index is 12.2. The Labute approximate surface area is 121 Å². The Hall–Kier alpha value is -1.48. The number of ketones is 2. The van der Waals surface area contributed by atoms with Crippen LogP contribution in [-0.4, -0.2) is 29.6 Å². The molecule has 0 spiro atoms. The lowest BCUT2D eigenvalue weighted by Crippen LogP contribution is -2.47. The van der Waals surface area contributed by atoms with Gasteiger partial charge in [-0.2, -0.15) is 0 Å². The van der Waals surface area contributed by atoms with Gasteiger partial charge >= 0.3 is 0 Å². The van der Waals surface area contributed by atoms with Crippen LogP contribution in [0.15, 0.2) is 30.3 Å². The normalized spacial score (nSPS) is 23.8. The molecule has 0 saturated carbocycles. The number of rotatable bonds is 5. The molecule has 1 aliphatic heterocycles. The molecule has 0 amide bonds. The number of benzene rings is 1. The van der Waals surface area contributed by atoms with Crippen LogP contribution < -0.4 is 0 Å². The first-order valence-electron chi connectivity index (χ1n) is 7.29. The molecule has 0 bridgehead atoms. The Bertz CT molecular complexity index is 483. The van der Waals surface area contributed by atoms with E-state index in [9.17, 15) is 9.59 Å². The minimum absolute atomic E-state index is 0.166. The average Bonchev–Trinajstić information content (AvgIpc) is 2.42. The third-order valence-corrected chi connectivity index (χ3v) is 4.18. The Morgan fingerprint density at radius 2 is 2.00 bits per heavy atom. The first-order valence-corrected chi connectivity index (χ1v) is 7.29. The number of hydrogen-bond donors (Lipinski definition) is 0. The molecule has 0 aromatic heterocycles. The van der Waals surface area contributed by atoms with E-state index in [-0.39, 0.29) is 11.2 Å². The predicted molar refractivity (Wildman–Crippen MR) is 79.4 cm³/mol. The number of carbonyl (C=O) groups is 2. The molecule has 1 aromatic carbocycles. The molecule has 0 aliphatic carbocycles. The zero-order chi connectivity index (χ0) is 14.6. The molecule has 0 radical (unpaired) electrons. The van der Waals surface area contributed by atoms with Gasteiger partial charge in [0.25, 0.3) is 0 Å². The second-order valence-electron chi connectivity index (χ2n) is 6.13. The lowest BCUT2D eigenvalue weighted by Gasteiger charge is -2.39. The molecule has 1 atom stereocenters. The minimum atomic E-state index is -0.362. The summed E-state index contributed by atoms with van der Waals surface area (Å²) in [4.78, 5) is 25.7. The summed E-state index contributed by atoms with van der Waals surface area (Å²) in [6, 6.07) is 10.3. The molecule has 2 rings (SSSR count). The van der Waals surface area contributed by atoms with Crippen LogP contribution in [0.5, 0.6) is 0 Å². The molecular weight excluding hydrogens is 250 g/mol. The summed E-state index contributed by atoms with van der Waals surface area (Å²) in [6.07, 6.45) is 1.77. The number of nitrogens with zero attached hydrogens (tertiary/aromatic N) is 1. The van der Waals surface area contributed by atoms with Crippen LogP contribution >= 0.6 is 0 Å². The summed E-state index contributed by atoms with van der Waals surface area (Å²) in [5.41, 5.74) is 0.911. The van der Waals surface area contributed by atoms with Crippen LogP contribution in [0.1, 0.15) is 38.7 Å². The van der Waals surface area contributed by atoms with Gasteiger partial charge in [-0.3, -0.25) is 9.69 Å². The summed E-state index contributed by atoms with van der Waals surface area (Å²) in [7, 11) is 0. The number of likely N-dealkylation sites (tertiary alicyclic amines) is 1. The maximum Gasteiger partial charge on any atom is 0.141 e. The highest BCUT2D eigenvalue weighted by Crippen LogP contribution is 2.31. The molecule has 1 saturated heterocycles. The Morgan fingerprint density at radius 1 is 1.30 bits per heavy atom. The van der Waals surface area contributed by atoms with Crippen LogP contribution in [0.2, 0.25) is 0 Å². The quantitative estimate of drug-likeness (QED) is 0.828. The SMILES string of the molecule is CC(=O)CCC1(C)CN(Cc2ccccc2)CCC1=O. The number of Topliss-reactive ketones (excluding diaryl/α,β-unsaturated/α-hetero) is 2. The fraction of sp³-hybridized carbons (Fsp3) is 0.529. The number of hydrogen-bond acceptors (Lipinski definition) is 3. The number of carbonyl (C=O) groups excluding carboxylic acids is 2. The van der Waals surface area contributed by atoms with E-state index in [4.69, 9.17) is 0 Å². The fourth-order valence-corrected chi connectivity index (χ4v) is 2.87. The molecule has 0 N–H and O–H groups in total. The largest absolute Gasteiger partial charge is 0.300 e. The summed E-state index contributed by atoms with van der Waals surface area (Å²) in [5, 5.41) is 0. The van der Waals surface area contributed by atoms with Gasteiger partial charge in [0, 0.05) is 37.9 Å². The summed E-state index contributed by atoms with van der Waals surface area (Å²) < 4.78 is 0. The third kappa shape index (κ3) is 3.76. The van der Waals surface area contributed by atoms with Gasteiger partial charge in [0.2, 0.25) is 0 Å². The average molecular weight is 273 g/mol. The van der Waals surface area contributed by atoms with Gasteiger partial charge in [-0.05, 0) is 18.9 Å². The second-order valence-corrected chi connectivity index (χ2v) is 6.13. The molecule has 108 valence electrons. The summed E-state index contributed by atoms with van der Waals surface area (Å²) in [5.74, 6) is 0.474. The molecule has 1 heterocycles. The van der Waals surface area contributed by atoms with E-state index in [0.717, 1.165) is 19.6 Å². The van der Waals surface area contributed by atoms with Crippen molar-refractivity contribution in [2.45, 2.75) is 39.7 Å². The highest BCUT2D eigenvalue weighted by molar-refractivity contribution is 5.86. The summed E-state index contributed by atoms with van der Waals surface area (Å²) >= 11 is 0. The van der Waals surface area contributed by atoms with Crippen molar-refractivity contribution < 1.29 is 9.59 Å². The Kier molecular flexibility index (Phi) is 4.71. The van der Waals surface area contributed by atoms with Gasteiger partial charge in [0.1, 0.15) is 11.6 Å². The first-order chi connectivity index (χ1) is 9.49. The van der Waals surface area contributed by atoms with Gasteiger partial charge in [-0.1, -0.05) is 37.3 Å². The van der Waals surface area contributed by atoms with Gasteiger partial charge in [0.05, 0.1) is 0 Å². The summed E-state index contributed by atoms with van der Waals surface area (Å²) in [6.45, 7) is 6.06. The van der Waals surface area contributed by atoms with Gasteiger partial charge in [-0.15, -0.1) is 0 Å². The van der Waals surface area contributed by atoms with E-state index < -0.39 is 0 Å². The van der Waals surface area contributed by atoms with Gasteiger partial charge < -0.3 is 4.79 Å². The van der Waals surface area contributed by atoms with E-state index in [0.29, 0.717) is 25.0 Å². The van der Waals surface area contributed by atoms with E-state index in [1.165, 1.54) is 5.56 Å². The van der Waals surface area contributed by atoms with E-state index in [1.54, 1.807) is 6.92 Å². The minimum Gasteiger partial charge on any atom is -0.300 e. The highest BCUT2D eigenvalue weighted by atomic mass is 16.1. The third-order valence-electron chi connectivity index (χ3n) is 4.18. The Morgan fingerprint density at radius 3 is 2.65 bits per heavy atom. The van der Waals surface area contributed by atoms with Crippen LogP contribution in [-0.2, 0) is 16.1 Å². The van der Waals surface area contributed by atoms with E-state index in [2.05, 4.69) is 17.0 Å². The van der Waals surface area contributed by atoms with Crippen molar-refractivity contribution >= 4 is 11.6 Å². The monoisotopic (exact) mass is 273 g/mol. The lowest BCUT2D eigenvalue weighted by molar-refractivity contribution is -0.134.